The van der Waals surface area contributed by atoms with Crippen molar-refractivity contribution in [2.24, 2.45) is 5.92 Å². The molecule has 420 valence electrons. The predicted octanol–water partition coefficient (Wildman–Crippen LogP) is 11.5. The minimum absolute atomic E-state index is 0.0116. The first kappa shape index (κ1) is 51.2. The summed E-state index contributed by atoms with van der Waals surface area (Å²) in [6.07, 6.45) is 14.3. The zero-order valence-corrected chi connectivity index (χ0v) is 44.9. The number of carboxylic acids is 1. The van der Waals surface area contributed by atoms with E-state index in [1.807, 2.05) is 18.2 Å². The Bertz CT molecular complexity index is 4260. The van der Waals surface area contributed by atoms with Gasteiger partial charge in [-0.1, -0.05) is 54.6 Å². The monoisotopic (exact) mass is 1120 g/mol. The molecule has 83 heavy (non-hydrogen) atoms. The maximum Gasteiger partial charge on any atom is 0.319 e. The molecule has 4 aliphatic heterocycles. The molecule has 1 aliphatic carbocycles. The number of fused-ring (bicyclic) bond motifs is 7. The number of H-pyrrole nitrogens is 1. The number of ether oxygens (including phenoxy) is 2. The maximum atomic E-state index is 17.6. The smallest absolute Gasteiger partial charge is 0.319 e. The molecule has 0 amide bonds. The Morgan fingerprint density at radius 3 is 2.06 bits per heavy atom. The Balaban J connectivity index is 0.747. The summed E-state index contributed by atoms with van der Waals surface area (Å²) in [7, 11) is 0. The molecule has 0 spiro atoms. The van der Waals surface area contributed by atoms with Gasteiger partial charge in [0, 0.05) is 64.2 Å². The Kier molecular flexibility index (Phi) is 12.4. The van der Waals surface area contributed by atoms with Crippen LogP contribution in [0.4, 0.5) is 29.2 Å². The highest BCUT2D eigenvalue weighted by molar-refractivity contribution is 6.02. The summed E-state index contributed by atoms with van der Waals surface area (Å²) in [6, 6.07) is 19.7. The standard InChI is InChI=1S/C62H55F4N13O4/c63-43-12-2-8-33-7-1-10-39(47(33)43)51-49(65)54-42(29-70-51)57(72-36-25-35(26-36)58(80)81)77-60(75-54)83-32-62-19-6-24-79(62)45(15-20-62)37-13-14-44(64)48-38(37)9-3-11-40(48)52-50(66)53-41(28-69-52)56(71-30-46-68-27-34-16-21-67-55(34)73-46)76-59(74-53)82-31-61-17-4-22-78(61)23-5-18-61/h1-3,7-14,16,21,27-29,35-36,45H,4-6,15,17-20,22-26,30-32H2,(H,80,81)(H,67,68,73)(H,71,74,76)(H,72,75,77)/t35-,36-,45?,62?. The van der Waals surface area contributed by atoms with E-state index >= 15 is 17.6 Å². The molecular weight excluding hydrogens is 1070 g/mol. The van der Waals surface area contributed by atoms with Gasteiger partial charge in [0.25, 0.3) is 0 Å². The number of nitrogens with zero attached hydrogens (tertiary/aromatic N) is 10. The summed E-state index contributed by atoms with van der Waals surface area (Å²) < 4.78 is 79.8. The predicted molar refractivity (Wildman–Crippen MR) is 304 cm³/mol. The number of carbonyl (C=O) groups is 1. The first-order chi connectivity index (χ1) is 40.5. The van der Waals surface area contributed by atoms with Gasteiger partial charge in [-0.25, -0.2) is 27.5 Å². The summed E-state index contributed by atoms with van der Waals surface area (Å²) in [5.41, 5.74) is 1.15. The van der Waals surface area contributed by atoms with Crippen LogP contribution in [0.5, 0.6) is 12.0 Å². The van der Waals surface area contributed by atoms with E-state index in [-0.39, 0.29) is 104 Å². The highest BCUT2D eigenvalue weighted by Gasteiger charge is 2.51. The van der Waals surface area contributed by atoms with E-state index in [1.54, 1.807) is 54.9 Å². The topological polar surface area (TPSA) is 205 Å². The minimum atomic E-state index is -0.887. The number of nitrogens with one attached hydrogen (secondary N) is 3. The van der Waals surface area contributed by atoms with Crippen molar-refractivity contribution in [3.63, 3.8) is 0 Å². The molecule has 6 aromatic heterocycles. The molecule has 5 aliphatic rings. The van der Waals surface area contributed by atoms with Gasteiger partial charge in [0.05, 0.1) is 34.3 Å². The van der Waals surface area contributed by atoms with Crippen molar-refractivity contribution < 1.29 is 36.9 Å². The highest BCUT2D eigenvalue weighted by Crippen LogP contribution is 2.51. The molecule has 2 atom stereocenters. The van der Waals surface area contributed by atoms with Crippen LogP contribution < -0.4 is 20.1 Å². The number of aromatic nitrogens is 9. The number of benzene rings is 4. The molecule has 0 bridgehead atoms. The van der Waals surface area contributed by atoms with Crippen LogP contribution in [-0.2, 0) is 11.3 Å². The van der Waals surface area contributed by atoms with Crippen molar-refractivity contribution in [3.05, 3.63) is 132 Å². The number of halogens is 4. The third-order valence-corrected chi connectivity index (χ3v) is 18.3. The molecule has 21 heteroatoms. The second kappa shape index (κ2) is 20.0. The number of aliphatic carboxylic acids is 1. The first-order valence-electron chi connectivity index (χ1n) is 28.4. The SMILES string of the molecule is O=C(O)[C@H]1C[C@H](Nc2nc(OCC34CCCN3C(c3ccc(F)c5c(-c6ncc7c(NCc8ncc9cc[nH]c9n8)nc(OCC89CCCN8CCC9)nc7c6F)cccc35)CC4)nc3c(F)c(-c4cccc5cccc(F)c45)ncc23)C1. The second-order valence-electron chi connectivity index (χ2n) is 22.9. The zero-order chi connectivity index (χ0) is 56.1. The number of hydrogen-bond donors (Lipinski definition) is 4. The summed E-state index contributed by atoms with van der Waals surface area (Å²) in [6.45, 7) is 3.38. The lowest BCUT2D eigenvalue weighted by atomic mass is 9.80. The van der Waals surface area contributed by atoms with Crippen LogP contribution in [-0.4, -0.2) is 116 Å². The fourth-order valence-corrected chi connectivity index (χ4v) is 14.1. The van der Waals surface area contributed by atoms with Crippen LogP contribution in [0.1, 0.15) is 81.6 Å². The number of aromatic amines is 1. The lowest BCUT2D eigenvalue weighted by Crippen LogP contribution is -2.44. The molecule has 4 saturated heterocycles. The van der Waals surface area contributed by atoms with Crippen LogP contribution in [0.2, 0.25) is 0 Å². The Labute approximate surface area is 471 Å². The van der Waals surface area contributed by atoms with Gasteiger partial charge in [-0.3, -0.25) is 24.6 Å². The molecule has 15 rings (SSSR count). The summed E-state index contributed by atoms with van der Waals surface area (Å²) in [5, 5.41) is 19.3. The van der Waals surface area contributed by atoms with E-state index in [0.29, 0.717) is 66.5 Å². The Hall–Kier alpha value is -8.69. The lowest BCUT2D eigenvalue weighted by molar-refractivity contribution is -0.144. The van der Waals surface area contributed by atoms with Crippen molar-refractivity contribution in [1.29, 1.82) is 0 Å². The molecule has 10 aromatic rings. The molecule has 0 radical (unpaired) electrons. The summed E-state index contributed by atoms with van der Waals surface area (Å²) in [5.74, 6) is -2.98. The van der Waals surface area contributed by atoms with Gasteiger partial charge in [0.1, 0.15) is 70.4 Å². The highest BCUT2D eigenvalue weighted by atomic mass is 19.1. The molecular formula is C62H55F4N13O4. The molecule has 17 nitrogen and oxygen atoms in total. The van der Waals surface area contributed by atoms with E-state index in [2.05, 4.69) is 50.3 Å². The van der Waals surface area contributed by atoms with Gasteiger partial charge < -0.3 is 30.2 Å². The normalized spacial score (nSPS) is 21.3. The molecule has 4 N–H and O–H groups in total. The molecule has 4 aromatic carbocycles. The lowest BCUT2D eigenvalue weighted by Gasteiger charge is -2.35. The first-order valence-corrected chi connectivity index (χ1v) is 28.4. The van der Waals surface area contributed by atoms with Crippen molar-refractivity contribution in [3.8, 4) is 34.5 Å². The largest absolute Gasteiger partial charge is 0.481 e. The van der Waals surface area contributed by atoms with Crippen LogP contribution in [0, 0.1) is 29.2 Å². The van der Waals surface area contributed by atoms with Crippen LogP contribution in [0.25, 0.3) is 76.9 Å². The van der Waals surface area contributed by atoms with E-state index in [0.717, 1.165) is 62.6 Å². The van der Waals surface area contributed by atoms with Gasteiger partial charge in [0.2, 0.25) is 0 Å². The minimum Gasteiger partial charge on any atom is -0.481 e. The van der Waals surface area contributed by atoms with Crippen LogP contribution in [0.3, 0.4) is 0 Å². The van der Waals surface area contributed by atoms with E-state index in [9.17, 15) is 9.90 Å². The van der Waals surface area contributed by atoms with Crippen molar-refractivity contribution in [2.75, 3.05) is 43.5 Å². The number of rotatable bonds is 15. The van der Waals surface area contributed by atoms with Crippen LogP contribution >= 0.6 is 0 Å². The Morgan fingerprint density at radius 2 is 1.31 bits per heavy atom. The van der Waals surface area contributed by atoms with Gasteiger partial charge in [-0.15, -0.1) is 0 Å². The van der Waals surface area contributed by atoms with Gasteiger partial charge in [-0.2, -0.15) is 19.9 Å². The average molecular weight is 1120 g/mol. The molecule has 10 heterocycles. The fraction of sp³-hybridized carbons (Fsp3) is 0.339. The van der Waals surface area contributed by atoms with E-state index < -0.39 is 40.7 Å². The summed E-state index contributed by atoms with van der Waals surface area (Å²) >= 11 is 0. The van der Waals surface area contributed by atoms with E-state index in [1.165, 1.54) is 24.5 Å². The van der Waals surface area contributed by atoms with Gasteiger partial charge in [-0.05, 0) is 118 Å². The second-order valence-corrected chi connectivity index (χ2v) is 22.9. The summed E-state index contributed by atoms with van der Waals surface area (Å²) in [4.78, 5) is 56.9. The van der Waals surface area contributed by atoms with E-state index in [4.69, 9.17) is 24.4 Å². The van der Waals surface area contributed by atoms with Crippen molar-refractivity contribution >= 4 is 72.0 Å². The number of hydrogen-bond acceptors (Lipinski definition) is 15. The fourth-order valence-electron chi connectivity index (χ4n) is 14.1. The third kappa shape index (κ3) is 8.67. The number of carboxylic acid groups (broad SMARTS) is 1. The maximum absolute atomic E-state index is 17.6. The van der Waals surface area contributed by atoms with Crippen molar-refractivity contribution in [2.45, 2.75) is 93.9 Å². The number of anilines is 2. The quantitative estimate of drug-likeness (QED) is 0.0705. The average Bonchev–Trinajstić information content (AvgIpc) is 3.23. The number of pyridine rings is 2. The van der Waals surface area contributed by atoms with Gasteiger partial charge >= 0.3 is 18.0 Å². The zero-order valence-electron chi connectivity index (χ0n) is 44.9. The third-order valence-electron chi connectivity index (χ3n) is 18.3. The molecule has 5 fully saturated rings. The van der Waals surface area contributed by atoms with Crippen LogP contribution in [0.15, 0.2) is 97.6 Å². The molecule has 2 unspecified atom stereocenters. The van der Waals surface area contributed by atoms with Gasteiger partial charge in [0.15, 0.2) is 11.6 Å². The molecule has 1 saturated carbocycles. The van der Waals surface area contributed by atoms with Crippen molar-refractivity contribution in [1.82, 2.24) is 54.7 Å². The Morgan fingerprint density at radius 1 is 0.663 bits per heavy atom.